The summed E-state index contributed by atoms with van der Waals surface area (Å²) >= 11 is 0. The summed E-state index contributed by atoms with van der Waals surface area (Å²) in [6.07, 6.45) is 30.8. The summed E-state index contributed by atoms with van der Waals surface area (Å²) in [7, 11) is 0. The quantitative estimate of drug-likeness (QED) is 0.266. The van der Waals surface area contributed by atoms with Crippen LogP contribution in [0.2, 0.25) is 0 Å². The predicted molar refractivity (Wildman–Crippen MR) is 133 cm³/mol. The van der Waals surface area contributed by atoms with Crippen LogP contribution in [0.4, 0.5) is 0 Å². The number of terminal acetylenes is 2. The zero-order valence-electron chi connectivity index (χ0n) is 18.9. The molecule has 0 fully saturated rings. The van der Waals surface area contributed by atoms with Crippen molar-refractivity contribution in [1.82, 2.24) is 0 Å². The van der Waals surface area contributed by atoms with Crippen LogP contribution in [-0.4, -0.2) is 0 Å². The Balaban J connectivity index is 0. The molecular weight excluding hydrogens is 348 g/mol. The van der Waals surface area contributed by atoms with E-state index in [9.17, 15) is 0 Å². The number of rotatable bonds is 11. The second-order valence-electron chi connectivity index (χ2n) is 6.95. The molecule has 2 rings (SSSR count). The van der Waals surface area contributed by atoms with Crippen LogP contribution in [0.3, 0.4) is 0 Å². The van der Waals surface area contributed by atoms with Gasteiger partial charge in [-0.2, -0.15) is 0 Å². The van der Waals surface area contributed by atoms with E-state index in [1.165, 1.54) is 81.8 Å². The third kappa shape index (κ3) is 20.1. The van der Waals surface area contributed by atoms with Crippen LogP contribution in [-0.2, 0) is 12.8 Å². The maximum Gasteiger partial charge on any atom is -0.0279 e. The summed E-state index contributed by atoms with van der Waals surface area (Å²) < 4.78 is 0. The van der Waals surface area contributed by atoms with Gasteiger partial charge in [-0.1, -0.05) is 119 Å². The maximum atomic E-state index is 4.00. The Morgan fingerprint density at radius 2 is 0.759 bits per heavy atom. The summed E-state index contributed by atoms with van der Waals surface area (Å²) in [6, 6.07) is 21.5. The third-order valence-electron chi connectivity index (χ3n) is 4.57. The first kappa shape index (κ1) is 28.8. The van der Waals surface area contributed by atoms with Gasteiger partial charge < -0.3 is 0 Å². The fourth-order valence-electron chi connectivity index (χ4n) is 2.98. The van der Waals surface area contributed by atoms with E-state index in [4.69, 9.17) is 0 Å². The lowest BCUT2D eigenvalue weighted by atomic mass is 10.1. The molecule has 29 heavy (non-hydrogen) atoms. The first-order valence-corrected chi connectivity index (χ1v) is 11.1. The Bertz CT molecular complexity index is 556. The SMILES string of the molecule is C#C.C#C.CCCCCCCc1ccccc1.CCCCCCc1ccccc1. The number of benzene rings is 2. The van der Waals surface area contributed by atoms with E-state index >= 15 is 0 Å². The Labute approximate surface area is 182 Å². The molecule has 0 spiro atoms. The molecule has 0 saturated carbocycles. The summed E-state index contributed by atoms with van der Waals surface area (Å²) in [5.74, 6) is 0. The van der Waals surface area contributed by atoms with E-state index in [2.05, 4.69) is 100 Å². The van der Waals surface area contributed by atoms with Gasteiger partial charge in [-0.25, -0.2) is 0 Å². The van der Waals surface area contributed by atoms with Crippen molar-refractivity contribution in [2.75, 3.05) is 0 Å². The second kappa shape index (κ2) is 25.6. The minimum atomic E-state index is 1.25. The van der Waals surface area contributed by atoms with Gasteiger partial charge in [0, 0.05) is 0 Å². The normalized spacial score (nSPS) is 8.90. The van der Waals surface area contributed by atoms with Crippen LogP contribution in [0.15, 0.2) is 60.7 Å². The van der Waals surface area contributed by atoms with Gasteiger partial charge in [0.05, 0.1) is 0 Å². The van der Waals surface area contributed by atoms with E-state index in [1.54, 1.807) is 0 Å². The third-order valence-corrected chi connectivity index (χ3v) is 4.57. The first-order valence-electron chi connectivity index (χ1n) is 11.1. The molecule has 0 aliphatic rings. The molecule has 0 nitrogen and oxygen atoms in total. The second-order valence-corrected chi connectivity index (χ2v) is 6.95. The molecule has 2 aromatic rings. The molecule has 0 N–H and O–H groups in total. The van der Waals surface area contributed by atoms with Crippen LogP contribution in [0.1, 0.15) is 82.8 Å². The Kier molecular flexibility index (Phi) is 25.4. The lowest BCUT2D eigenvalue weighted by Gasteiger charge is -2.00. The van der Waals surface area contributed by atoms with Gasteiger partial charge in [0.1, 0.15) is 0 Å². The first-order chi connectivity index (χ1) is 14.4. The van der Waals surface area contributed by atoms with E-state index in [0.717, 1.165) is 0 Å². The van der Waals surface area contributed by atoms with E-state index in [-0.39, 0.29) is 0 Å². The van der Waals surface area contributed by atoms with Crippen LogP contribution in [0, 0.1) is 25.7 Å². The average molecular weight is 391 g/mol. The van der Waals surface area contributed by atoms with Gasteiger partial charge in [-0.15, -0.1) is 25.7 Å². The van der Waals surface area contributed by atoms with Gasteiger partial charge in [-0.3, -0.25) is 0 Å². The van der Waals surface area contributed by atoms with Gasteiger partial charge in [-0.05, 0) is 36.8 Å². The van der Waals surface area contributed by atoms with Crippen LogP contribution in [0.5, 0.6) is 0 Å². The van der Waals surface area contributed by atoms with E-state index in [1.807, 2.05) is 0 Å². The van der Waals surface area contributed by atoms with Crippen molar-refractivity contribution >= 4 is 0 Å². The standard InChI is InChI=1S/C13H20.C12H18.2C2H2/c1-2-3-4-5-7-10-13-11-8-6-9-12-13;1-2-3-4-6-9-12-10-7-5-8-11-12;2*1-2/h6,8-9,11-12H,2-5,7,10H2,1H3;5,7-8,10-11H,2-4,6,9H2,1H3;2*1-2H. The molecule has 0 aliphatic heterocycles. The molecule has 2 aromatic carbocycles. The Morgan fingerprint density at radius 3 is 1.10 bits per heavy atom. The molecule has 0 aromatic heterocycles. The largest absolute Gasteiger partial charge is 0.124 e. The zero-order chi connectivity index (χ0) is 22.0. The van der Waals surface area contributed by atoms with Gasteiger partial charge in [0.15, 0.2) is 0 Å². The van der Waals surface area contributed by atoms with Crippen molar-refractivity contribution in [2.45, 2.75) is 84.5 Å². The molecule has 0 amide bonds. The van der Waals surface area contributed by atoms with Gasteiger partial charge in [0.25, 0.3) is 0 Å². The lowest BCUT2D eigenvalue weighted by molar-refractivity contribution is 0.632. The monoisotopic (exact) mass is 390 g/mol. The molecule has 0 radical (unpaired) electrons. The number of aryl methyl sites for hydroxylation is 2. The molecule has 0 heterocycles. The Morgan fingerprint density at radius 1 is 0.448 bits per heavy atom. The van der Waals surface area contributed by atoms with E-state index < -0.39 is 0 Å². The average Bonchev–Trinajstić information content (AvgIpc) is 2.81. The van der Waals surface area contributed by atoms with Gasteiger partial charge in [0.2, 0.25) is 0 Å². The highest BCUT2D eigenvalue weighted by Gasteiger charge is 1.92. The molecule has 0 aliphatic carbocycles. The molecule has 0 saturated heterocycles. The van der Waals surface area contributed by atoms with Crippen molar-refractivity contribution in [3.05, 3.63) is 71.8 Å². The summed E-state index contributed by atoms with van der Waals surface area (Å²) in [4.78, 5) is 0. The molecule has 0 atom stereocenters. The minimum Gasteiger partial charge on any atom is -0.124 e. The van der Waals surface area contributed by atoms with Crippen molar-refractivity contribution in [3.8, 4) is 25.7 Å². The minimum absolute atomic E-state index is 1.25. The summed E-state index contributed by atoms with van der Waals surface area (Å²) in [5, 5.41) is 0. The fraction of sp³-hybridized carbons (Fsp3) is 0.448. The Hall–Kier alpha value is -2.44. The topological polar surface area (TPSA) is 0 Å². The number of hydrogen-bond donors (Lipinski definition) is 0. The van der Waals surface area contributed by atoms with Crippen molar-refractivity contribution in [3.63, 3.8) is 0 Å². The molecule has 0 bridgehead atoms. The van der Waals surface area contributed by atoms with Gasteiger partial charge >= 0.3 is 0 Å². The van der Waals surface area contributed by atoms with Crippen molar-refractivity contribution in [1.29, 1.82) is 0 Å². The maximum absolute atomic E-state index is 4.00. The highest BCUT2D eigenvalue weighted by molar-refractivity contribution is 5.15. The van der Waals surface area contributed by atoms with Crippen LogP contribution >= 0.6 is 0 Å². The lowest BCUT2D eigenvalue weighted by Crippen LogP contribution is -1.84. The van der Waals surface area contributed by atoms with Crippen LogP contribution < -0.4 is 0 Å². The highest BCUT2D eigenvalue weighted by atomic mass is 14.0. The number of unbranched alkanes of at least 4 members (excludes halogenated alkanes) is 7. The predicted octanol–water partition coefficient (Wildman–Crippen LogP) is 8.51. The number of hydrogen-bond acceptors (Lipinski definition) is 0. The summed E-state index contributed by atoms with van der Waals surface area (Å²) in [6.45, 7) is 4.51. The molecule has 0 unspecified atom stereocenters. The van der Waals surface area contributed by atoms with Crippen LogP contribution in [0.25, 0.3) is 0 Å². The fourth-order valence-corrected chi connectivity index (χ4v) is 2.98. The van der Waals surface area contributed by atoms with Crippen molar-refractivity contribution in [2.24, 2.45) is 0 Å². The molecular formula is C29H42. The smallest absolute Gasteiger partial charge is 0.0279 e. The summed E-state index contributed by atoms with van der Waals surface area (Å²) in [5.41, 5.74) is 2.97. The molecule has 0 heteroatoms. The highest BCUT2D eigenvalue weighted by Crippen LogP contribution is 2.08. The zero-order valence-corrected chi connectivity index (χ0v) is 18.9. The van der Waals surface area contributed by atoms with E-state index in [0.29, 0.717) is 0 Å². The molecule has 158 valence electrons. The van der Waals surface area contributed by atoms with Crippen molar-refractivity contribution < 1.29 is 0 Å².